The van der Waals surface area contributed by atoms with Gasteiger partial charge in [-0.2, -0.15) is 0 Å². The number of anilines is 1. The van der Waals surface area contributed by atoms with Crippen molar-refractivity contribution in [1.29, 1.82) is 0 Å². The van der Waals surface area contributed by atoms with Crippen molar-refractivity contribution in [1.82, 2.24) is 14.8 Å². The normalized spacial score (nSPS) is 17.4. The molecular formula is C19H26N4O3S. The molecule has 2 N–H and O–H groups in total. The second kappa shape index (κ2) is 6.99. The van der Waals surface area contributed by atoms with Crippen LogP contribution in [-0.2, 0) is 4.74 Å². The van der Waals surface area contributed by atoms with Gasteiger partial charge in [-0.15, -0.1) is 11.3 Å². The van der Waals surface area contributed by atoms with Gasteiger partial charge in [0, 0.05) is 26.0 Å². The number of carbonyl (C=O) groups excluding carboxylic acids is 2. The molecule has 0 saturated carbocycles. The first-order valence-electron chi connectivity index (χ1n) is 8.98. The quantitative estimate of drug-likeness (QED) is 0.845. The Morgan fingerprint density at radius 1 is 1.33 bits per heavy atom. The number of thiophene rings is 1. The molecule has 8 heteroatoms. The topological polar surface area (TPSA) is 88.8 Å². The Balaban J connectivity index is 1.92. The van der Waals surface area contributed by atoms with Crippen LogP contribution in [0.25, 0.3) is 10.2 Å². The van der Waals surface area contributed by atoms with Crippen LogP contribution in [0.1, 0.15) is 55.0 Å². The molecule has 0 unspecified atom stereocenters. The van der Waals surface area contributed by atoms with Crippen molar-refractivity contribution in [2.75, 3.05) is 26.4 Å². The summed E-state index contributed by atoms with van der Waals surface area (Å²) >= 11 is 1.29. The molecule has 1 aliphatic rings. The van der Waals surface area contributed by atoms with Crippen molar-refractivity contribution < 1.29 is 14.3 Å². The zero-order valence-corrected chi connectivity index (χ0v) is 17.2. The summed E-state index contributed by atoms with van der Waals surface area (Å²) in [6.07, 6.45) is 1.42. The Bertz CT molecular complexity index is 885. The highest BCUT2D eigenvalue weighted by molar-refractivity contribution is 7.21. The smallest absolute Gasteiger partial charge is 0.410 e. The summed E-state index contributed by atoms with van der Waals surface area (Å²) in [6, 6.07) is 3.66. The van der Waals surface area contributed by atoms with Crippen LogP contribution in [0.4, 0.5) is 10.5 Å². The fraction of sp³-hybridized carbons (Fsp3) is 0.526. The van der Waals surface area contributed by atoms with Gasteiger partial charge in [-0.25, -0.2) is 9.78 Å². The number of fused-ring (bicyclic) bond motifs is 1. The molecule has 2 amide bonds. The highest BCUT2D eigenvalue weighted by atomic mass is 32.1. The number of nitrogens with zero attached hydrogens (tertiary/aromatic N) is 3. The average Bonchev–Trinajstić information content (AvgIpc) is 3.17. The van der Waals surface area contributed by atoms with E-state index in [2.05, 4.69) is 0 Å². The maximum atomic E-state index is 12.5. The number of hydrogen-bond donors (Lipinski definition) is 1. The lowest BCUT2D eigenvalue weighted by Gasteiger charge is -2.28. The molecular weight excluding hydrogens is 364 g/mol. The van der Waals surface area contributed by atoms with Crippen LogP contribution < -0.4 is 5.73 Å². The maximum Gasteiger partial charge on any atom is 0.410 e. The van der Waals surface area contributed by atoms with Gasteiger partial charge in [-0.3, -0.25) is 9.69 Å². The molecule has 2 aromatic heterocycles. The molecule has 0 aromatic carbocycles. The molecule has 3 rings (SSSR count). The third-order valence-electron chi connectivity index (χ3n) is 4.44. The van der Waals surface area contributed by atoms with Crippen molar-refractivity contribution in [3.8, 4) is 0 Å². The van der Waals surface area contributed by atoms with Crippen LogP contribution in [0.3, 0.4) is 0 Å². The van der Waals surface area contributed by atoms with Crippen molar-refractivity contribution in [2.24, 2.45) is 0 Å². The molecule has 3 heterocycles. The molecule has 0 spiro atoms. The predicted molar refractivity (Wildman–Crippen MR) is 107 cm³/mol. The van der Waals surface area contributed by atoms with E-state index in [0.717, 1.165) is 23.9 Å². The highest BCUT2D eigenvalue weighted by Gasteiger charge is 2.34. The minimum absolute atomic E-state index is 0.124. The molecule has 0 bridgehead atoms. The lowest BCUT2D eigenvalue weighted by molar-refractivity contribution is 0.0221. The third kappa shape index (κ3) is 3.85. The molecule has 146 valence electrons. The van der Waals surface area contributed by atoms with Crippen molar-refractivity contribution >= 4 is 39.2 Å². The molecule has 0 aliphatic carbocycles. The number of likely N-dealkylation sites (tertiary alicyclic amines) is 1. The first-order chi connectivity index (χ1) is 12.6. The zero-order chi connectivity index (χ0) is 19.9. The van der Waals surface area contributed by atoms with Crippen LogP contribution in [-0.4, -0.2) is 53.0 Å². The van der Waals surface area contributed by atoms with E-state index in [-0.39, 0.29) is 18.0 Å². The lowest BCUT2D eigenvalue weighted by Crippen LogP contribution is -2.36. The summed E-state index contributed by atoms with van der Waals surface area (Å²) < 4.78 is 5.53. The van der Waals surface area contributed by atoms with Gasteiger partial charge in [0.15, 0.2) is 0 Å². The number of rotatable bonds is 2. The number of carbonyl (C=O) groups is 2. The van der Waals surface area contributed by atoms with E-state index in [1.807, 2.05) is 32.9 Å². The highest BCUT2D eigenvalue weighted by Crippen LogP contribution is 2.37. The van der Waals surface area contributed by atoms with Crippen LogP contribution in [0.15, 0.2) is 12.1 Å². The van der Waals surface area contributed by atoms with E-state index in [1.54, 1.807) is 19.0 Å². The average molecular weight is 391 g/mol. The first kappa shape index (κ1) is 19.4. The number of nitrogens with two attached hydrogens (primary N) is 1. The van der Waals surface area contributed by atoms with E-state index in [4.69, 9.17) is 15.5 Å². The summed E-state index contributed by atoms with van der Waals surface area (Å²) in [7, 11) is 3.39. The number of hydrogen-bond acceptors (Lipinski definition) is 6. The van der Waals surface area contributed by atoms with Gasteiger partial charge in [0.25, 0.3) is 5.91 Å². The van der Waals surface area contributed by atoms with Gasteiger partial charge in [-0.1, -0.05) is 0 Å². The second-order valence-corrected chi connectivity index (χ2v) is 8.96. The molecule has 1 saturated heterocycles. The summed E-state index contributed by atoms with van der Waals surface area (Å²) in [6.45, 7) is 6.23. The lowest BCUT2D eigenvalue weighted by atomic mass is 10.1. The summed E-state index contributed by atoms with van der Waals surface area (Å²) in [4.78, 5) is 34.0. The molecule has 1 aliphatic heterocycles. The fourth-order valence-corrected chi connectivity index (χ4v) is 4.29. The van der Waals surface area contributed by atoms with Crippen LogP contribution in [0, 0.1) is 0 Å². The van der Waals surface area contributed by atoms with E-state index < -0.39 is 5.60 Å². The first-order valence-corrected chi connectivity index (χ1v) is 9.80. The molecule has 2 aromatic rings. The molecule has 27 heavy (non-hydrogen) atoms. The Morgan fingerprint density at radius 2 is 2.04 bits per heavy atom. The van der Waals surface area contributed by atoms with Gasteiger partial charge in [0.05, 0.1) is 17.4 Å². The molecule has 1 atom stereocenters. The van der Waals surface area contributed by atoms with Gasteiger partial charge in [0.1, 0.15) is 15.3 Å². The second-order valence-electron chi connectivity index (χ2n) is 7.97. The van der Waals surface area contributed by atoms with Gasteiger partial charge < -0.3 is 15.4 Å². The van der Waals surface area contributed by atoms with Crippen LogP contribution >= 0.6 is 11.3 Å². The van der Waals surface area contributed by atoms with Crippen molar-refractivity contribution in [3.63, 3.8) is 0 Å². The van der Waals surface area contributed by atoms with Crippen LogP contribution in [0.5, 0.6) is 0 Å². The summed E-state index contributed by atoms with van der Waals surface area (Å²) in [5.41, 5.74) is 6.89. The van der Waals surface area contributed by atoms with E-state index in [9.17, 15) is 9.59 Å². The molecule has 7 nitrogen and oxygen atoms in total. The Morgan fingerprint density at radius 3 is 2.67 bits per heavy atom. The van der Waals surface area contributed by atoms with Crippen LogP contribution in [0.2, 0.25) is 0 Å². The number of nitrogen functional groups attached to an aromatic ring is 1. The van der Waals surface area contributed by atoms with Gasteiger partial charge >= 0.3 is 6.09 Å². The third-order valence-corrected chi connectivity index (χ3v) is 5.54. The SMILES string of the molecule is CN(C)C(=O)c1sc2nc([C@H]3CCCN3C(=O)OC(C)(C)C)ccc2c1N. The Hall–Kier alpha value is -2.35. The summed E-state index contributed by atoms with van der Waals surface area (Å²) in [5.74, 6) is -0.131. The van der Waals surface area contributed by atoms with E-state index in [1.165, 1.54) is 16.2 Å². The van der Waals surface area contributed by atoms with Gasteiger partial charge in [-0.05, 0) is 45.7 Å². The van der Waals surface area contributed by atoms with Crippen molar-refractivity contribution in [2.45, 2.75) is 45.3 Å². The molecule has 1 fully saturated rings. The molecule has 0 radical (unpaired) electrons. The number of aromatic nitrogens is 1. The van der Waals surface area contributed by atoms with E-state index in [0.29, 0.717) is 21.9 Å². The van der Waals surface area contributed by atoms with Crippen molar-refractivity contribution in [3.05, 3.63) is 22.7 Å². The number of ether oxygens (including phenoxy) is 1. The number of amides is 2. The van der Waals surface area contributed by atoms with Gasteiger partial charge in [0.2, 0.25) is 0 Å². The Kier molecular flexibility index (Phi) is 5.03. The fourth-order valence-electron chi connectivity index (χ4n) is 3.17. The van der Waals surface area contributed by atoms with E-state index >= 15 is 0 Å². The predicted octanol–water partition coefficient (Wildman–Crippen LogP) is 3.65. The maximum absolute atomic E-state index is 12.5. The summed E-state index contributed by atoms with van der Waals surface area (Å²) in [5, 5.41) is 0.774. The monoisotopic (exact) mass is 390 g/mol. The Labute approximate surface area is 163 Å². The standard InChI is InChI=1S/C19H26N4O3S/c1-19(2,3)26-18(25)23-10-6-7-13(23)12-9-8-11-14(20)15(17(24)22(4)5)27-16(11)21-12/h8-9,13H,6-7,10,20H2,1-5H3/t13-/m1/s1. The minimum Gasteiger partial charge on any atom is -0.444 e. The largest absolute Gasteiger partial charge is 0.444 e. The minimum atomic E-state index is -0.536. The zero-order valence-electron chi connectivity index (χ0n) is 16.4. The number of pyridine rings is 1.